The van der Waals surface area contributed by atoms with Crippen LogP contribution < -0.4 is 5.32 Å². The van der Waals surface area contributed by atoms with Crippen molar-refractivity contribution >= 4 is 23.6 Å². The fourth-order valence-electron chi connectivity index (χ4n) is 3.57. The smallest absolute Gasteiger partial charge is 0.222 e. The Hall–Kier alpha value is -2.26. The van der Waals surface area contributed by atoms with Gasteiger partial charge in [0, 0.05) is 24.3 Å². The second-order valence-corrected chi connectivity index (χ2v) is 8.20. The maximum Gasteiger partial charge on any atom is 0.222 e. The summed E-state index contributed by atoms with van der Waals surface area (Å²) in [6.07, 6.45) is 3.23. The molecule has 0 fully saturated rings. The van der Waals surface area contributed by atoms with Gasteiger partial charge in [0.2, 0.25) is 11.8 Å². The van der Waals surface area contributed by atoms with Crippen LogP contribution in [0.3, 0.4) is 0 Å². The molecule has 27 heavy (non-hydrogen) atoms. The zero-order valence-corrected chi connectivity index (χ0v) is 16.4. The lowest BCUT2D eigenvalue weighted by Crippen LogP contribution is -2.37. The van der Waals surface area contributed by atoms with Gasteiger partial charge in [-0.05, 0) is 30.4 Å². The monoisotopic (exact) mass is 383 g/mol. The van der Waals surface area contributed by atoms with E-state index in [1.165, 1.54) is 0 Å². The molecule has 0 aliphatic carbocycles. The summed E-state index contributed by atoms with van der Waals surface area (Å²) in [7, 11) is 0. The molecule has 2 atom stereocenters. The van der Waals surface area contributed by atoms with Crippen LogP contribution in [0.15, 0.2) is 40.8 Å². The predicted octanol–water partition coefficient (Wildman–Crippen LogP) is 3.23. The molecule has 2 heterocycles. The molecule has 1 N–H and O–H groups in total. The highest BCUT2D eigenvalue weighted by atomic mass is 32.2. The number of hydrogen-bond acceptors (Lipinski definition) is 4. The Morgan fingerprint density at radius 3 is 2.78 bits per heavy atom. The number of nitrogens with zero attached hydrogens (tertiary/aromatic N) is 2. The van der Waals surface area contributed by atoms with Crippen LogP contribution in [0.4, 0.5) is 0 Å². The zero-order valence-electron chi connectivity index (χ0n) is 15.6. The average Bonchev–Trinajstić information content (AvgIpc) is 3.03. The number of hydrogen-bond donors (Lipinski definition) is 1. The largest absolute Gasteiger partial charge is 0.342 e. The van der Waals surface area contributed by atoms with Crippen molar-refractivity contribution in [3.05, 3.63) is 46.4 Å². The van der Waals surface area contributed by atoms with E-state index < -0.39 is 0 Å². The van der Waals surface area contributed by atoms with Crippen molar-refractivity contribution in [3.63, 3.8) is 0 Å². The molecule has 0 spiro atoms. The highest BCUT2D eigenvalue weighted by Gasteiger charge is 2.39. The van der Waals surface area contributed by atoms with E-state index in [0.29, 0.717) is 32.4 Å². The minimum absolute atomic E-state index is 0.0321. The normalized spacial score (nSPS) is 21.6. The minimum atomic E-state index is -0.297. The molecule has 5 nitrogen and oxygen atoms in total. The van der Waals surface area contributed by atoms with Crippen LogP contribution in [0.2, 0.25) is 0 Å². The van der Waals surface area contributed by atoms with E-state index in [0.717, 1.165) is 28.9 Å². The van der Waals surface area contributed by atoms with Gasteiger partial charge in [0.25, 0.3) is 0 Å². The zero-order chi connectivity index (χ0) is 19.2. The van der Waals surface area contributed by atoms with Crippen LogP contribution in [0.5, 0.6) is 0 Å². The predicted molar refractivity (Wildman–Crippen MR) is 107 cm³/mol. The summed E-state index contributed by atoms with van der Waals surface area (Å²) < 4.78 is 0. The van der Waals surface area contributed by atoms with Gasteiger partial charge in [0.1, 0.15) is 0 Å². The Labute approximate surface area is 164 Å². The molecule has 0 saturated heterocycles. The topological polar surface area (TPSA) is 73.2 Å². The van der Waals surface area contributed by atoms with Gasteiger partial charge < -0.3 is 10.2 Å². The summed E-state index contributed by atoms with van der Waals surface area (Å²) in [6.45, 7) is 3.25. The van der Waals surface area contributed by atoms with Crippen LogP contribution >= 0.6 is 11.8 Å². The highest BCUT2D eigenvalue weighted by Crippen LogP contribution is 2.44. The van der Waals surface area contributed by atoms with Gasteiger partial charge in [-0.25, -0.2) is 0 Å². The number of thioether (sulfide) groups is 1. The number of rotatable bonds is 6. The van der Waals surface area contributed by atoms with Crippen LogP contribution in [0.1, 0.15) is 38.2 Å². The Kier molecular flexibility index (Phi) is 6.57. The van der Waals surface area contributed by atoms with Crippen LogP contribution in [0.25, 0.3) is 0 Å². The molecule has 1 aromatic rings. The Balaban J connectivity index is 1.56. The number of nitrogens with one attached hydrogen (secondary N) is 1. The molecule has 3 rings (SSSR count). The molecule has 0 aromatic heterocycles. The lowest BCUT2D eigenvalue weighted by Gasteiger charge is -2.28. The van der Waals surface area contributed by atoms with Crippen LogP contribution in [0, 0.1) is 17.2 Å². The van der Waals surface area contributed by atoms with Crippen molar-refractivity contribution < 1.29 is 9.59 Å². The summed E-state index contributed by atoms with van der Waals surface area (Å²) >= 11 is 1.55. The molecule has 2 aliphatic rings. The quantitative estimate of drug-likeness (QED) is 0.818. The SMILES string of the molecule is CCCC(=O)N1CCC2=C(C1)SC(NC(=O)CCc1ccccc1)C2C#N. The van der Waals surface area contributed by atoms with Gasteiger partial charge in [-0.2, -0.15) is 5.26 Å². The van der Waals surface area contributed by atoms with E-state index in [4.69, 9.17) is 0 Å². The molecular weight excluding hydrogens is 358 g/mol. The molecule has 2 unspecified atom stereocenters. The second-order valence-electron chi connectivity index (χ2n) is 6.96. The fraction of sp³-hybridized carbons (Fsp3) is 0.476. The standard InChI is InChI=1S/C21H25N3O2S/c1-2-6-20(26)24-12-11-16-17(13-22)21(27-18(16)14-24)23-19(25)10-9-15-7-4-3-5-8-15/h3-5,7-8,17,21H,2,6,9-12,14H2,1H3,(H,23,25). The van der Waals surface area contributed by atoms with Gasteiger partial charge in [-0.15, -0.1) is 11.8 Å². The Morgan fingerprint density at radius 2 is 2.07 bits per heavy atom. The number of aryl methyl sites for hydroxylation is 1. The van der Waals surface area contributed by atoms with Crippen molar-refractivity contribution in [2.24, 2.45) is 5.92 Å². The molecule has 2 amide bonds. The Bertz CT molecular complexity index is 769. The molecular formula is C21H25N3O2S. The molecule has 0 radical (unpaired) electrons. The van der Waals surface area contributed by atoms with Crippen molar-refractivity contribution in [1.82, 2.24) is 10.2 Å². The van der Waals surface area contributed by atoms with Crippen molar-refractivity contribution in [2.45, 2.75) is 44.4 Å². The first-order chi connectivity index (χ1) is 13.1. The van der Waals surface area contributed by atoms with E-state index in [1.54, 1.807) is 11.8 Å². The Morgan fingerprint density at radius 1 is 1.30 bits per heavy atom. The maximum atomic E-state index is 12.4. The summed E-state index contributed by atoms with van der Waals surface area (Å²) in [4.78, 5) is 27.5. The molecule has 1 aromatic carbocycles. The van der Waals surface area contributed by atoms with Crippen LogP contribution in [-0.4, -0.2) is 35.2 Å². The number of amides is 2. The van der Waals surface area contributed by atoms with E-state index >= 15 is 0 Å². The number of nitriles is 1. The molecule has 2 aliphatic heterocycles. The van der Waals surface area contributed by atoms with E-state index in [-0.39, 0.29) is 23.1 Å². The van der Waals surface area contributed by atoms with Gasteiger partial charge >= 0.3 is 0 Å². The number of benzene rings is 1. The molecule has 142 valence electrons. The summed E-state index contributed by atoms with van der Waals surface area (Å²) in [5.41, 5.74) is 2.24. The third-order valence-corrected chi connectivity index (χ3v) is 6.35. The van der Waals surface area contributed by atoms with E-state index in [2.05, 4.69) is 11.4 Å². The fourth-order valence-corrected chi connectivity index (χ4v) is 5.04. The number of carbonyl (C=O) groups excluding carboxylic acids is 2. The van der Waals surface area contributed by atoms with Gasteiger partial charge in [-0.3, -0.25) is 9.59 Å². The average molecular weight is 384 g/mol. The molecule has 0 bridgehead atoms. The lowest BCUT2D eigenvalue weighted by molar-refractivity contribution is -0.131. The lowest BCUT2D eigenvalue weighted by atomic mass is 9.94. The van der Waals surface area contributed by atoms with Crippen molar-refractivity contribution in [3.8, 4) is 6.07 Å². The maximum absolute atomic E-state index is 12.4. The van der Waals surface area contributed by atoms with Gasteiger partial charge in [0.05, 0.1) is 23.9 Å². The van der Waals surface area contributed by atoms with Gasteiger partial charge in [-0.1, -0.05) is 37.3 Å². The van der Waals surface area contributed by atoms with Crippen molar-refractivity contribution in [2.75, 3.05) is 13.1 Å². The minimum Gasteiger partial charge on any atom is -0.342 e. The third-order valence-electron chi connectivity index (χ3n) is 5.03. The number of carbonyl (C=O) groups is 2. The second kappa shape index (κ2) is 9.09. The molecule has 6 heteroatoms. The summed E-state index contributed by atoms with van der Waals surface area (Å²) in [5, 5.41) is 12.4. The van der Waals surface area contributed by atoms with Crippen molar-refractivity contribution in [1.29, 1.82) is 5.26 Å². The van der Waals surface area contributed by atoms with E-state index in [9.17, 15) is 14.9 Å². The van der Waals surface area contributed by atoms with E-state index in [1.807, 2.05) is 42.2 Å². The summed E-state index contributed by atoms with van der Waals surface area (Å²) in [5.74, 6) is -0.155. The first-order valence-electron chi connectivity index (χ1n) is 9.51. The third kappa shape index (κ3) is 4.72. The molecule has 0 saturated carbocycles. The first kappa shape index (κ1) is 19.5. The van der Waals surface area contributed by atoms with Gasteiger partial charge in [0.15, 0.2) is 0 Å². The first-order valence-corrected chi connectivity index (χ1v) is 10.4. The highest BCUT2D eigenvalue weighted by molar-refractivity contribution is 8.04. The summed E-state index contributed by atoms with van der Waals surface area (Å²) in [6, 6.07) is 12.3. The van der Waals surface area contributed by atoms with Crippen LogP contribution in [-0.2, 0) is 16.0 Å².